The molecule has 3 saturated carbocycles. The molecule has 2 aromatic heterocycles. The molecule has 1 N–H and O–H groups in total. The lowest BCUT2D eigenvalue weighted by Gasteiger charge is -2.58. The van der Waals surface area contributed by atoms with Crippen LogP contribution in [0.2, 0.25) is 0 Å². The quantitative estimate of drug-likeness (QED) is 0.176. The Labute approximate surface area is 265 Å². The number of allylic oxidation sites excluding steroid dienone is 2. The number of benzene rings is 1. The number of fused-ring (bicyclic) bond motifs is 4. The number of ether oxygens (including phenoxy) is 2. The molecule has 3 heterocycles. The highest BCUT2D eigenvalue weighted by Crippen LogP contribution is 2.77. The Morgan fingerprint density at radius 1 is 1.23 bits per heavy atom. The number of epoxide rings is 1. The number of thioether (sulfide) groups is 1. The van der Waals surface area contributed by atoms with Gasteiger partial charge in [0.25, 0.3) is 0 Å². The lowest BCUT2D eigenvalue weighted by molar-refractivity contribution is -0.217. The summed E-state index contributed by atoms with van der Waals surface area (Å²) in [5.74, 6) is 0.131. The first kappa shape index (κ1) is 28.7. The minimum absolute atomic E-state index is 0.0498. The summed E-state index contributed by atoms with van der Waals surface area (Å²) in [4.78, 5) is 30.7. The summed E-state index contributed by atoms with van der Waals surface area (Å²) in [6, 6.07) is 11.3. The molecular weight excluding hydrogens is 595 g/mol. The number of hydrogen-bond donors (Lipinski definition) is 1. The van der Waals surface area contributed by atoms with Gasteiger partial charge in [0.1, 0.15) is 16.8 Å². The second-order valence-electron chi connectivity index (χ2n) is 14.1. The molecule has 44 heavy (non-hydrogen) atoms. The van der Waals surface area contributed by atoms with Crippen LogP contribution >= 0.6 is 23.1 Å². The molecule has 230 valence electrons. The average Bonchev–Trinajstić information content (AvgIpc) is 3.32. The molecule has 0 amide bonds. The van der Waals surface area contributed by atoms with E-state index < -0.39 is 22.6 Å². The second-order valence-corrected chi connectivity index (χ2v) is 16.4. The van der Waals surface area contributed by atoms with Crippen LogP contribution in [0, 0.1) is 28.6 Å². The summed E-state index contributed by atoms with van der Waals surface area (Å²) in [7, 11) is 0. The molecule has 1 saturated heterocycles. The summed E-state index contributed by atoms with van der Waals surface area (Å²) in [6.07, 6.45) is 10.2. The average molecular weight is 632 g/mol. The van der Waals surface area contributed by atoms with E-state index in [0.717, 1.165) is 39.4 Å². The predicted octanol–water partition coefficient (Wildman–Crippen LogP) is 7.01. The highest BCUT2D eigenvalue weighted by atomic mass is 32.2. The van der Waals surface area contributed by atoms with Gasteiger partial charge in [-0.05, 0) is 93.7 Å². The van der Waals surface area contributed by atoms with Gasteiger partial charge in [-0.25, -0.2) is 9.78 Å². The molecule has 4 aliphatic carbocycles. The van der Waals surface area contributed by atoms with Gasteiger partial charge in [0.05, 0.1) is 22.6 Å². The summed E-state index contributed by atoms with van der Waals surface area (Å²) in [6.45, 7) is 8.43. The number of para-hydroxylation sites is 1. The van der Waals surface area contributed by atoms with Gasteiger partial charge in [-0.3, -0.25) is 4.79 Å². The van der Waals surface area contributed by atoms with Crippen molar-refractivity contribution in [1.82, 2.24) is 4.98 Å². The van der Waals surface area contributed by atoms with Crippen molar-refractivity contribution in [3.8, 4) is 0 Å². The highest BCUT2D eigenvalue weighted by Gasteiger charge is 2.83. The molecule has 3 aromatic rings. The van der Waals surface area contributed by atoms with E-state index in [-0.39, 0.29) is 46.4 Å². The van der Waals surface area contributed by atoms with Crippen LogP contribution in [0.3, 0.4) is 0 Å². The molecule has 1 aromatic carbocycles. The molecule has 9 atom stereocenters. The molecule has 5 unspecified atom stereocenters. The lowest BCUT2D eigenvalue weighted by atomic mass is 9.46. The largest absolute Gasteiger partial charge is 0.457 e. The number of hydrogen-bond acceptors (Lipinski definition) is 9. The van der Waals surface area contributed by atoms with Crippen molar-refractivity contribution in [2.24, 2.45) is 28.6 Å². The van der Waals surface area contributed by atoms with Crippen molar-refractivity contribution in [2.75, 3.05) is 5.75 Å². The molecule has 8 rings (SSSR count). The van der Waals surface area contributed by atoms with Crippen LogP contribution in [0.25, 0.3) is 10.2 Å². The van der Waals surface area contributed by atoms with Gasteiger partial charge in [0, 0.05) is 16.6 Å². The molecule has 7 nitrogen and oxygen atoms in total. The van der Waals surface area contributed by atoms with Gasteiger partial charge >= 0.3 is 5.97 Å². The SMILES string of the molecule is C[C@@H]1CC2C3CCC4=CC(=O)C=CC4(C)[C@@]34O[C@H]4CC2(C)[C@@]1(O)C(C)(CSc1nc2ccccc2s1)OC(=O)c1ccco1. The van der Waals surface area contributed by atoms with E-state index in [0.29, 0.717) is 12.2 Å². The van der Waals surface area contributed by atoms with E-state index >= 15 is 0 Å². The second kappa shape index (κ2) is 9.41. The van der Waals surface area contributed by atoms with Crippen LogP contribution in [0.15, 0.2) is 75.2 Å². The van der Waals surface area contributed by atoms with E-state index in [4.69, 9.17) is 18.9 Å². The first-order chi connectivity index (χ1) is 20.9. The monoisotopic (exact) mass is 631 g/mol. The summed E-state index contributed by atoms with van der Waals surface area (Å²) in [5.41, 5.74) is -1.82. The van der Waals surface area contributed by atoms with Crippen molar-refractivity contribution in [2.45, 2.75) is 80.6 Å². The van der Waals surface area contributed by atoms with Crippen molar-refractivity contribution < 1.29 is 28.6 Å². The number of thiazole rings is 1. The molecular formula is C35H37NO6S2. The van der Waals surface area contributed by atoms with Crippen molar-refractivity contribution in [3.05, 3.63) is 72.2 Å². The Hall–Kier alpha value is -2.72. The zero-order valence-electron chi connectivity index (χ0n) is 25.4. The fourth-order valence-corrected chi connectivity index (χ4v) is 12.3. The molecule has 0 bridgehead atoms. The molecule has 1 aliphatic heterocycles. The van der Waals surface area contributed by atoms with E-state index in [1.54, 1.807) is 29.5 Å². The minimum atomic E-state index is -1.36. The first-order valence-corrected chi connectivity index (χ1v) is 17.3. The topological polar surface area (TPSA) is 102 Å². The number of esters is 1. The summed E-state index contributed by atoms with van der Waals surface area (Å²) >= 11 is 3.13. The van der Waals surface area contributed by atoms with E-state index in [1.165, 1.54) is 18.0 Å². The van der Waals surface area contributed by atoms with Crippen LogP contribution < -0.4 is 0 Å². The third-order valence-corrected chi connectivity index (χ3v) is 14.6. The Morgan fingerprint density at radius 2 is 2.05 bits per heavy atom. The van der Waals surface area contributed by atoms with Crippen LogP contribution in [-0.2, 0) is 14.3 Å². The fourth-order valence-electron chi connectivity index (χ4n) is 10.1. The van der Waals surface area contributed by atoms with Gasteiger partial charge in [0.2, 0.25) is 5.76 Å². The van der Waals surface area contributed by atoms with Gasteiger partial charge in [-0.2, -0.15) is 0 Å². The third kappa shape index (κ3) is 3.61. The number of furan rings is 1. The zero-order valence-corrected chi connectivity index (χ0v) is 27.0. The van der Waals surface area contributed by atoms with Crippen LogP contribution in [0.5, 0.6) is 0 Å². The number of carbonyl (C=O) groups excluding carboxylic acids is 2. The molecule has 4 fully saturated rings. The first-order valence-electron chi connectivity index (χ1n) is 15.5. The zero-order chi connectivity index (χ0) is 30.7. The van der Waals surface area contributed by atoms with Crippen molar-refractivity contribution in [1.29, 1.82) is 0 Å². The van der Waals surface area contributed by atoms with Gasteiger partial charge in [0.15, 0.2) is 10.1 Å². The number of carbonyl (C=O) groups is 2. The standard InChI is InChI=1S/C35H37NO6S2/c1-20-16-24-23-12-11-21-17-22(37)13-14-31(21,2)34(23)28(41-34)18-32(24,3)35(20,39)33(4,42-29(38)26-9-7-15-40-26)19-43-30-36-25-8-5-6-10-27(25)44-30/h5-10,13-15,17,20,23-24,28,39H,11-12,16,18-19H2,1-4H3/t20-,23?,24?,28+,31?,32?,33?,34-,35-/m1/s1. The van der Waals surface area contributed by atoms with E-state index in [9.17, 15) is 14.7 Å². The van der Waals surface area contributed by atoms with Crippen molar-refractivity contribution in [3.63, 3.8) is 0 Å². The van der Waals surface area contributed by atoms with E-state index in [2.05, 4.69) is 32.9 Å². The minimum Gasteiger partial charge on any atom is -0.457 e. The Morgan fingerprint density at radius 3 is 2.82 bits per heavy atom. The number of nitrogens with zero attached hydrogens (tertiary/aromatic N) is 1. The number of ketones is 1. The van der Waals surface area contributed by atoms with Crippen LogP contribution in [0.1, 0.15) is 63.9 Å². The maximum atomic E-state index is 13.6. The summed E-state index contributed by atoms with van der Waals surface area (Å²) < 4.78 is 20.6. The normalized spacial score (nSPS) is 39.9. The Bertz CT molecular complexity index is 1710. The Kier molecular flexibility index (Phi) is 6.14. The third-order valence-electron chi connectivity index (χ3n) is 12.1. The molecule has 9 heteroatoms. The maximum Gasteiger partial charge on any atom is 0.374 e. The van der Waals surface area contributed by atoms with E-state index in [1.807, 2.05) is 31.2 Å². The highest BCUT2D eigenvalue weighted by molar-refractivity contribution is 8.01. The Balaban J connectivity index is 1.17. The number of aromatic nitrogens is 1. The van der Waals surface area contributed by atoms with Gasteiger partial charge in [-0.15, -0.1) is 11.3 Å². The van der Waals surface area contributed by atoms with Gasteiger partial charge in [-0.1, -0.05) is 49.4 Å². The molecule has 1 spiro atoms. The predicted molar refractivity (Wildman–Crippen MR) is 168 cm³/mol. The van der Waals surface area contributed by atoms with Crippen LogP contribution in [-0.4, -0.2) is 50.5 Å². The molecule has 0 radical (unpaired) electrons. The maximum absolute atomic E-state index is 13.6. The summed E-state index contributed by atoms with van der Waals surface area (Å²) in [5, 5.41) is 13.3. The van der Waals surface area contributed by atoms with Crippen molar-refractivity contribution >= 4 is 45.1 Å². The fraction of sp³-hybridized carbons (Fsp3) is 0.514. The lowest BCUT2D eigenvalue weighted by Crippen LogP contribution is -2.68. The van der Waals surface area contributed by atoms with Gasteiger partial charge < -0.3 is 19.0 Å². The number of aliphatic hydroxyl groups is 1. The molecule has 5 aliphatic rings. The smallest absolute Gasteiger partial charge is 0.374 e. The van der Waals surface area contributed by atoms with Crippen LogP contribution in [0.4, 0.5) is 0 Å². The number of rotatable bonds is 6.